The zero-order valence-corrected chi connectivity index (χ0v) is 7.65. The van der Waals surface area contributed by atoms with Gasteiger partial charge in [0.25, 0.3) is 0 Å². The maximum Gasteiger partial charge on any atom is 0.0590 e. The fourth-order valence-electron chi connectivity index (χ4n) is 1.07. The Kier molecular flexibility index (Phi) is 2.80. The van der Waals surface area contributed by atoms with Gasteiger partial charge in [0.05, 0.1) is 11.4 Å². The lowest BCUT2D eigenvalue weighted by atomic mass is 10.4. The van der Waals surface area contributed by atoms with E-state index in [9.17, 15) is 0 Å². The Morgan fingerprint density at radius 1 is 1.08 bits per heavy atom. The Morgan fingerprint density at radius 2 is 1.50 bits per heavy atom. The number of nitrogens with zero attached hydrogens (tertiary/aromatic N) is 3. The van der Waals surface area contributed by atoms with Gasteiger partial charge in [-0.05, 0) is 12.1 Å². The van der Waals surface area contributed by atoms with Gasteiger partial charge in [0, 0.05) is 33.6 Å². The summed E-state index contributed by atoms with van der Waals surface area (Å²) in [7, 11) is 5.52. The van der Waals surface area contributed by atoms with Crippen LogP contribution in [0.25, 0.3) is 0 Å². The summed E-state index contributed by atoms with van der Waals surface area (Å²) < 4.78 is 2.04. The van der Waals surface area contributed by atoms with Crippen LogP contribution in [0.15, 0.2) is 22.1 Å². The summed E-state index contributed by atoms with van der Waals surface area (Å²) in [4.78, 5) is 7.90. The molecule has 1 rings (SSSR count). The first-order valence-corrected chi connectivity index (χ1v) is 3.79. The maximum atomic E-state index is 3.95. The van der Waals surface area contributed by atoms with Crippen molar-refractivity contribution in [2.75, 3.05) is 14.1 Å². The lowest BCUT2D eigenvalue weighted by Crippen LogP contribution is -1.99. The summed E-state index contributed by atoms with van der Waals surface area (Å²) in [6, 6.07) is 4.04. The van der Waals surface area contributed by atoms with Crippen LogP contribution in [-0.4, -0.2) is 31.1 Å². The highest BCUT2D eigenvalue weighted by Gasteiger charge is 1.98. The van der Waals surface area contributed by atoms with Crippen molar-refractivity contribution < 1.29 is 0 Å². The van der Waals surface area contributed by atoms with Crippen molar-refractivity contribution in [3.05, 3.63) is 23.5 Å². The van der Waals surface area contributed by atoms with E-state index in [4.69, 9.17) is 0 Å². The number of hydrogen-bond acceptors (Lipinski definition) is 2. The lowest BCUT2D eigenvalue weighted by molar-refractivity contribution is 0.909. The standard InChI is InChI=1S/C9H13N3/c1-10-6-8-4-5-9(7-11-2)12(8)3/h4-7H,1-3H3. The van der Waals surface area contributed by atoms with E-state index >= 15 is 0 Å². The topological polar surface area (TPSA) is 29.6 Å². The molecule has 0 unspecified atom stereocenters. The minimum absolute atomic E-state index is 1.09. The Balaban J connectivity index is 3.04. The zero-order valence-electron chi connectivity index (χ0n) is 7.65. The molecule has 0 aliphatic heterocycles. The molecule has 0 aromatic carbocycles. The van der Waals surface area contributed by atoms with E-state index in [0.29, 0.717) is 0 Å². The minimum Gasteiger partial charge on any atom is -0.342 e. The molecule has 0 bridgehead atoms. The fraction of sp³-hybridized carbons (Fsp3) is 0.333. The number of rotatable bonds is 2. The molecule has 0 saturated carbocycles. The normalized spacial score (nSPS) is 11.9. The number of hydrogen-bond donors (Lipinski definition) is 0. The van der Waals surface area contributed by atoms with E-state index in [0.717, 1.165) is 11.4 Å². The molecule has 3 heteroatoms. The van der Waals surface area contributed by atoms with Crippen LogP contribution in [0.3, 0.4) is 0 Å². The average Bonchev–Trinajstić information content (AvgIpc) is 2.38. The second-order valence-electron chi connectivity index (χ2n) is 2.52. The molecule has 1 aromatic rings. The van der Waals surface area contributed by atoms with Crippen molar-refractivity contribution in [2.45, 2.75) is 0 Å². The van der Waals surface area contributed by atoms with Crippen molar-refractivity contribution in [2.24, 2.45) is 17.0 Å². The van der Waals surface area contributed by atoms with E-state index in [1.165, 1.54) is 0 Å². The van der Waals surface area contributed by atoms with E-state index in [1.807, 2.05) is 36.2 Å². The Labute approximate surface area is 72.5 Å². The highest BCUT2D eigenvalue weighted by molar-refractivity contribution is 5.83. The molecular weight excluding hydrogens is 150 g/mol. The molecule has 0 amide bonds. The number of aliphatic imine (C=N–C) groups is 2. The van der Waals surface area contributed by atoms with E-state index in [2.05, 4.69) is 9.98 Å². The molecule has 1 aromatic heterocycles. The Bertz CT molecular complexity index is 278. The second-order valence-corrected chi connectivity index (χ2v) is 2.52. The average molecular weight is 163 g/mol. The first-order valence-electron chi connectivity index (χ1n) is 3.79. The van der Waals surface area contributed by atoms with Gasteiger partial charge in [-0.2, -0.15) is 0 Å². The molecule has 3 nitrogen and oxygen atoms in total. The second kappa shape index (κ2) is 3.85. The van der Waals surface area contributed by atoms with Crippen LogP contribution >= 0.6 is 0 Å². The highest BCUT2D eigenvalue weighted by atomic mass is 15.0. The van der Waals surface area contributed by atoms with Gasteiger partial charge >= 0.3 is 0 Å². The minimum atomic E-state index is 1.09. The first kappa shape index (κ1) is 8.71. The molecule has 1 heterocycles. The fourth-order valence-corrected chi connectivity index (χ4v) is 1.07. The predicted molar refractivity (Wildman–Crippen MR) is 52.4 cm³/mol. The quantitative estimate of drug-likeness (QED) is 0.585. The van der Waals surface area contributed by atoms with Crippen LogP contribution in [0.1, 0.15) is 11.4 Å². The van der Waals surface area contributed by atoms with E-state index in [-0.39, 0.29) is 0 Å². The third-order valence-corrected chi connectivity index (χ3v) is 1.72. The zero-order chi connectivity index (χ0) is 8.97. The van der Waals surface area contributed by atoms with Crippen LogP contribution in [0.4, 0.5) is 0 Å². The molecule has 0 fully saturated rings. The van der Waals surface area contributed by atoms with Crippen molar-refractivity contribution in [1.82, 2.24) is 4.57 Å². The van der Waals surface area contributed by atoms with Crippen molar-refractivity contribution in [3.63, 3.8) is 0 Å². The highest BCUT2D eigenvalue weighted by Crippen LogP contribution is 2.02. The third kappa shape index (κ3) is 1.61. The molecule has 0 radical (unpaired) electrons. The first-order chi connectivity index (χ1) is 5.79. The number of aromatic nitrogens is 1. The molecule has 0 aliphatic rings. The SMILES string of the molecule is CN=Cc1ccc(C=NC)n1C. The van der Waals surface area contributed by atoms with Gasteiger partial charge in [0.1, 0.15) is 0 Å². The molecule has 0 atom stereocenters. The maximum absolute atomic E-state index is 3.95. The Morgan fingerprint density at radius 3 is 1.83 bits per heavy atom. The van der Waals surface area contributed by atoms with Crippen LogP contribution < -0.4 is 0 Å². The van der Waals surface area contributed by atoms with Gasteiger partial charge in [0.15, 0.2) is 0 Å². The van der Waals surface area contributed by atoms with Crippen molar-refractivity contribution in [1.29, 1.82) is 0 Å². The van der Waals surface area contributed by atoms with Crippen LogP contribution in [0.2, 0.25) is 0 Å². The molecule has 0 saturated heterocycles. The van der Waals surface area contributed by atoms with Gasteiger partial charge in [0.2, 0.25) is 0 Å². The lowest BCUT2D eigenvalue weighted by Gasteiger charge is -1.98. The van der Waals surface area contributed by atoms with Gasteiger partial charge in [-0.1, -0.05) is 0 Å². The monoisotopic (exact) mass is 163 g/mol. The van der Waals surface area contributed by atoms with Gasteiger partial charge in [-0.15, -0.1) is 0 Å². The van der Waals surface area contributed by atoms with Gasteiger partial charge < -0.3 is 4.57 Å². The van der Waals surface area contributed by atoms with E-state index < -0.39 is 0 Å². The van der Waals surface area contributed by atoms with Crippen LogP contribution in [-0.2, 0) is 7.05 Å². The molecule has 0 spiro atoms. The smallest absolute Gasteiger partial charge is 0.0590 e. The summed E-state index contributed by atoms with van der Waals surface area (Å²) in [5.41, 5.74) is 2.18. The molecular formula is C9H13N3. The van der Waals surface area contributed by atoms with E-state index in [1.54, 1.807) is 14.1 Å². The Hall–Kier alpha value is -1.38. The summed E-state index contributed by atoms with van der Waals surface area (Å²) >= 11 is 0. The van der Waals surface area contributed by atoms with Crippen molar-refractivity contribution >= 4 is 12.4 Å². The van der Waals surface area contributed by atoms with Crippen molar-refractivity contribution in [3.8, 4) is 0 Å². The molecule has 0 aliphatic carbocycles. The summed E-state index contributed by atoms with van der Waals surface area (Å²) in [6.45, 7) is 0. The summed E-state index contributed by atoms with van der Waals surface area (Å²) in [5, 5.41) is 0. The van der Waals surface area contributed by atoms with Gasteiger partial charge in [-0.25, -0.2) is 0 Å². The molecule has 64 valence electrons. The summed E-state index contributed by atoms with van der Waals surface area (Å²) in [5.74, 6) is 0. The van der Waals surface area contributed by atoms with Crippen LogP contribution in [0.5, 0.6) is 0 Å². The van der Waals surface area contributed by atoms with Gasteiger partial charge in [-0.3, -0.25) is 9.98 Å². The van der Waals surface area contributed by atoms with Crippen LogP contribution in [0, 0.1) is 0 Å². The predicted octanol–water partition coefficient (Wildman–Crippen LogP) is 1.12. The third-order valence-electron chi connectivity index (χ3n) is 1.72. The largest absolute Gasteiger partial charge is 0.342 e. The summed E-state index contributed by atoms with van der Waals surface area (Å²) in [6.07, 6.45) is 3.65. The molecule has 12 heavy (non-hydrogen) atoms. The molecule has 0 N–H and O–H groups in total.